The maximum Gasteiger partial charge on any atom is 0.161 e. The Morgan fingerprint density at radius 1 is 0.984 bits per heavy atom. The van der Waals surface area contributed by atoms with E-state index in [1.165, 1.54) is 5.56 Å². The van der Waals surface area contributed by atoms with Gasteiger partial charge in [-0.1, -0.05) is 55.7 Å². The molecule has 4 aromatic carbocycles. The third-order valence-electron chi connectivity index (χ3n) is 13.2. The Morgan fingerprint density at radius 2 is 1.85 bits per heavy atom. The van der Waals surface area contributed by atoms with Crippen molar-refractivity contribution in [3.05, 3.63) is 123 Å². The van der Waals surface area contributed by atoms with E-state index in [4.69, 9.17) is 14.2 Å². The van der Waals surface area contributed by atoms with Gasteiger partial charge in [0, 0.05) is 42.1 Å². The number of phenols is 1. The second kappa shape index (κ2) is 19.1. The molecule has 0 aromatic heterocycles. The second-order valence-corrected chi connectivity index (χ2v) is 17.6. The number of benzene rings is 4. The summed E-state index contributed by atoms with van der Waals surface area (Å²) >= 11 is 0. The van der Waals surface area contributed by atoms with E-state index in [0.717, 1.165) is 81.1 Å². The number of hydrogen-bond donors (Lipinski definition) is 5. The van der Waals surface area contributed by atoms with E-state index in [1.54, 1.807) is 20.1 Å². The number of aliphatic hydroxyl groups is 3. The highest BCUT2D eigenvalue weighted by atomic mass is 16.5. The van der Waals surface area contributed by atoms with E-state index >= 15 is 0 Å². The highest BCUT2D eigenvalue weighted by Gasteiger charge is 2.33. The summed E-state index contributed by atoms with van der Waals surface area (Å²) in [5, 5.41) is 48.4. The lowest BCUT2D eigenvalue weighted by molar-refractivity contribution is -0.121. The first-order valence-electron chi connectivity index (χ1n) is 22.3. The molecule has 324 valence electrons. The second-order valence-electron chi connectivity index (χ2n) is 17.6. The number of methoxy groups -OCH3 is 1. The van der Waals surface area contributed by atoms with Crippen molar-refractivity contribution >= 4 is 28.3 Å². The molecule has 0 saturated carbocycles. The predicted octanol–water partition coefficient (Wildman–Crippen LogP) is 9.88. The number of rotatable bonds is 12. The SMILES string of the molecule is COc1ccc2cc1OCc1c(CO)c3c4c(c(O)cc5c4c1C=C[C@H]5C)[C@H](C#CO[C@@H](C[C@@H]1C=C(O)C=C[C@@H]1CCCCc1cccc(NC[C@H](C)O)c1)CC(=O)CC2)CC3. The number of carbonyl (C=O) groups excluding carboxylic acids is 1. The van der Waals surface area contributed by atoms with Crippen LogP contribution in [0.4, 0.5) is 5.69 Å². The van der Waals surface area contributed by atoms with E-state index in [0.29, 0.717) is 50.1 Å². The molecule has 0 radical (unpaired) electrons. The summed E-state index contributed by atoms with van der Waals surface area (Å²) in [6.45, 7) is 4.42. The van der Waals surface area contributed by atoms with Crippen LogP contribution < -0.4 is 14.8 Å². The number of Topliss-reactive ketones (excluding diaryl/α,β-unsaturated/α-hetero) is 1. The van der Waals surface area contributed by atoms with Crippen LogP contribution in [0.5, 0.6) is 17.2 Å². The molecule has 5 N–H and O–H groups in total. The summed E-state index contributed by atoms with van der Waals surface area (Å²) in [6.07, 6.45) is 18.7. The van der Waals surface area contributed by atoms with E-state index in [2.05, 4.69) is 54.6 Å². The van der Waals surface area contributed by atoms with Crippen molar-refractivity contribution in [1.29, 1.82) is 0 Å². The molecule has 0 saturated heterocycles. The highest BCUT2D eigenvalue weighted by Crippen LogP contribution is 2.50. The minimum absolute atomic E-state index is 0.0561. The quantitative estimate of drug-likeness (QED) is 0.0698. The summed E-state index contributed by atoms with van der Waals surface area (Å²) in [5.74, 6) is 4.82. The number of fused-ring (bicyclic) bond motifs is 7. The van der Waals surface area contributed by atoms with Gasteiger partial charge in [-0.2, -0.15) is 0 Å². The van der Waals surface area contributed by atoms with Crippen LogP contribution in [-0.4, -0.2) is 52.1 Å². The van der Waals surface area contributed by atoms with Crippen molar-refractivity contribution in [2.24, 2.45) is 11.8 Å². The van der Waals surface area contributed by atoms with Gasteiger partial charge in [0.15, 0.2) is 11.5 Å². The summed E-state index contributed by atoms with van der Waals surface area (Å²) in [7, 11) is 1.61. The molecular formula is C53H59NO8. The standard InChI is InChI=1S/C53H59NO8/c1-32-11-18-44-47-31-62-50-24-35(13-20-49(50)60-3)12-16-41(58)27-42(61-22-21-37-15-19-43(46(47)30-55)53-51(37)48(59)28-45(32)52(44)53)26-38-25-40(57)17-14-36(38)9-5-4-7-34-8-6-10-39(23-34)54-29-33(2)56/h6,8,10-11,13-14,17-18,20,23-25,28,32-33,36-38,42,54-57,59H,4-5,7,9,12,15-16,19,26-27,29-31H2,1-3H3/t32-,33+,36+,37+,38+,42+/m1/s1. The van der Waals surface area contributed by atoms with E-state index in [9.17, 15) is 25.2 Å². The first-order valence-corrected chi connectivity index (χ1v) is 22.3. The molecule has 0 fully saturated rings. The molecule has 4 aromatic rings. The van der Waals surface area contributed by atoms with Crippen LogP contribution in [0.2, 0.25) is 0 Å². The zero-order chi connectivity index (χ0) is 43.3. The maximum absolute atomic E-state index is 13.8. The van der Waals surface area contributed by atoms with Crippen molar-refractivity contribution in [1.82, 2.24) is 0 Å². The third kappa shape index (κ3) is 9.38. The number of allylic oxidation sites excluding steroid dienone is 4. The average molecular weight is 838 g/mol. The lowest BCUT2D eigenvalue weighted by Crippen LogP contribution is -2.24. The van der Waals surface area contributed by atoms with Crippen molar-refractivity contribution < 1.29 is 39.4 Å². The normalized spacial score (nSPS) is 22.2. The van der Waals surface area contributed by atoms with Gasteiger partial charge in [-0.05, 0) is 150 Å². The van der Waals surface area contributed by atoms with Crippen molar-refractivity contribution in [2.45, 2.75) is 115 Å². The Labute approximate surface area is 365 Å². The predicted molar refractivity (Wildman–Crippen MR) is 244 cm³/mol. The molecule has 9 nitrogen and oxygen atoms in total. The van der Waals surface area contributed by atoms with Gasteiger partial charge in [0.1, 0.15) is 36.1 Å². The Balaban J connectivity index is 1.08. The fourth-order valence-corrected chi connectivity index (χ4v) is 9.98. The highest BCUT2D eigenvalue weighted by molar-refractivity contribution is 6.03. The minimum atomic E-state index is -0.523. The fraction of sp³-hybridized carbons (Fsp3) is 0.415. The van der Waals surface area contributed by atoms with Gasteiger partial charge in [-0.15, -0.1) is 0 Å². The van der Waals surface area contributed by atoms with E-state index < -0.39 is 12.2 Å². The Kier molecular flexibility index (Phi) is 13.3. The molecule has 9 heteroatoms. The molecule has 5 aliphatic rings. The molecule has 0 unspecified atom stereocenters. The number of unbranched alkanes of at least 4 members (excludes halogenated alkanes) is 1. The summed E-state index contributed by atoms with van der Waals surface area (Å²) in [5.41, 5.74) is 8.69. The van der Waals surface area contributed by atoms with Gasteiger partial charge in [-0.25, -0.2) is 0 Å². The van der Waals surface area contributed by atoms with Crippen LogP contribution in [0.15, 0.2) is 78.6 Å². The first-order chi connectivity index (χ1) is 30.1. The first kappa shape index (κ1) is 43.0. The van der Waals surface area contributed by atoms with Gasteiger partial charge in [0.25, 0.3) is 0 Å². The number of aliphatic hydroxyl groups excluding tert-OH is 3. The molecule has 9 rings (SSSR count). The topological polar surface area (TPSA) is 138 Å². The van der Waals surface area contributed by atoms with Crippen molar-refractivity contribution in [3.8, 4) is 29.3 Å². The van der Waals surface area contributed by atoms with Gasteiger partial charge in [-0.3, -0.25) is 4.79 Å². The van der Waals surface area contributed by atoms with Crippen LogP contribution in [0.3, 0.4) is 0 Å². The van der Waals surface area contributed by atoms with Crippen LogP contribution in [-0.2, 0) is 42.0 Å². The number of ether oxygens (including phenoxy) is 3. The molecule has 8 bridgehead atoms. The minimum Gasteiger partial charge on any atom is -0.508 e. The van der Waals surface area contributed by atoms with E-state index in [-0.39, 0.29) is 60.6 Å². The van der Waals surface area contributed by atoms with Gasteiger partial charge in [0.05, 0.1) is 25.7 Å². The van der Waals surface area contributed by atoms with Crippen molar-refractivity contribution in [2.75, 3.05) is 19.0 Å². The number of phenolic OH excluding ortho intramolecular Hbond substituents is 1. The largest absolute Gasteiger partial charge is 0.508 e. The number of anilines is 1. The van der Waals surface area contributed by atoms with E-state index in [1.807, 2.05) is 42.5 Å². The number of aromatic hydroxyl groups is 1. The molecule has 0 spiro atoms. The summed E-state index contributed by atoms with van der Waals surface area (Å²) in [4.78, 5) is 13.8. The van der Waals surface area contributed by atoms with Gasteiger partial charge < -0.3 is 40.0 Å². The van der Waals surface area contributed by atoms with Crippen LogP contribution >= 0.6 is 0 Å². The number of carbonyl (C=O) groups is 1. The van der Waals surface area contributed by atoms with Crippen LogP contribution in [0.1, 0.15) is 115 Å². The van der Waals surface area contributed by atoms with Gasteiger partial charge in [0.2, 0.25) is 0 Å². The molecule has 2 aliphatic heterocycles. The Morgan fingerprint density at radius 3 is 2.68 bits per heavy atom. The number of ketones is 1. The molecule has 6 atom stereocenters. The lowest BCUT2D eigenvalue weighted by Gasteiger charge is -2.32. The molecular weight excluding hydrogens is 779 g/mol. The van der Waals surface area contributed by atoms with Crippen molar-refractivity contribution in [3.63, 3.8) is 0 Å². The number of nitrogens with one attached hydrogen (secondary N) is 1. The lowest BCUT2D eigenvalue weighted by atomic mass is 9.73. The Bertz CT molecular complexity index is 2470. The number of aryl methyl sites for hydroxylation is 3. The van der Waals surface area contributed by atoms with Crippen LogP contribution in [0, 0.1) is 23.9 Å². The zero-order valence-corrected chi connectivity index (χ0v) is 36.1. The molecule has 3 aliphatic carbocycles. The summed E-state index contributed by atoms with van der Waals surface area (Å²) < 4.78 is 18.7. The molecule has 0 amide bonds. The molecule has 2 heterocycles. The Hall–Kier alpha value is -5.69. The smallest absolute Gasteiger partial charge is 0.161 e. The average Bonchev–Trinajstić information content (AvgIpc) is 3.26. The number of hydrogen-bond acceptors (Lipinski definition) is 9. The molecule has 62 heavy (non-hydrogen) atoms. The zero-order valence-electron chi connectivity index (χ0n) is 36.1. The van der Waals surface area contributed by atoms with Crippen LogP contribution in [0.25, 0.3) is 16.8 Å². The fourth-order valence-electron chi connectivity index (χ4n) is 9.98. The maximum atomic E-state index is 13.8. The third-order valence-corrected chi connectivity index (χ3v) is 13.2. The summed E-state index contributed by atoms with van der Waals surface area (Å²) in [6, 6.07) is 16.0. The van der Waals surface area contributed by atoms with Gasteiger partial charge >= 0.3 is 0 Å². The monoisotopic (exact) mass is 837 g/mol.